The molecule has 0 aliphatic heterocycles. The summed E-state index contributed by atoms with van der Waals surface area (Å²) >= 11 is 5.99. The normalized spacial score (nSPS) is 11.4. The molecule has 0 saturated heterocycles. The number of nitrogens with one attached hydrogen (secondary N) is 1. The molecule has 0 aromatic heterocycles. The molecule has 1 amide bonds. The van der Waals surface area contributed by atoms with E-state index in [-0.39, 0.29) is 11.3 Å². The SMILES string of the molecule is COc1ccc(C(=O)O[C@@H](C)C(=O)Nc2ccc(OC)c(Cl)c2)cc1F. The van der Waals surface area contributed by atoms with Gasteiger partial charge in [0.1, 0.15) is 5.75 Å². The van der Waals surface area contributed by atoms with Gasteiger partial charge in [-0.1, -0.05) is 11.6 Å². The largest absolute Gasteiger partial charge is 0.495 e. The van der Waals surface area contributed by atoms with E-state index < -0.39 is 23.8 Å². The van der Waals surface area contributed by atoms with Crippen LogP contribution in [0.2, 0.25) is 5.02 Å². The Labute approximate surface area is 154 Å². The number of benzene rings is 2. The molecule has 2 aromatic carbocycles. The van der Waals surface area contributed by atoms with Gasteiger partial charge in [0.05, 0.1) is 24.8 Å². The van der Waals surface area contributed by atoms with Gasteiger partial charge in [-0.25, -0.2) is 9.18 Å². The van der Waals surface area contributed by atoms with Crippen molar-refractivity contribution in [3.05, 3.63) is 52.8 Å². The monoisotopic (exact) mass is 381 g/mol. The zero-order valence-corrected chi connectivity index (χ0v) is 15.1. The Morgan fingerprint density at radius 1 is 1.08 bits per heavy atom. The van der Waals surface area contributed by atoms with Gasteiger partial charge in [0.25, 0.3) is 5.91 Å². The average molecular weight is 382 g/mol. The smallest absolute Gasteiger partial charge is 0.339 e. The number of anilines is 1. The molecule has 2 rings (SSSR count). The summed E-state index contributed by atoms with van der Waals surface area (Å²) in [5, 5.41) is 2.89. The molecule has 0 fully saturated rings. The van der Waals surface area contributed by atoms with E-state index in [1.807, 2.05) is 0 Å². The first-order chi connectivity index (χ1) is 12.3. The van der Waals surface area contributed by atoms with Gasteiger partial charge >= 0.3 is 5.97 Å². The van der Waals surface area contributed by atoms with Crippen molar-refractivity contribution in [1.82, 2.24) is 0 Å². The summed E-state index contributed by atoms with van der Waals surface area (Å²) in [5.74, 6) is -1.63. The fraction of sp³-hybridized carbons (Fsp3) is 0.222. The molecule has 0 unspecified atom stereocenters. The highest BCUT2D eigenvalue weighted by molar-refractivity contribution is 6.32. The lowest BCUT2D eigenvalue weighted by atomic mass is 10.2. The second kappa shape index (κ2) is 8.53. The zero-order chi connectivity index (χ0) is 19.3. The van der Waals surface area contributed by atoms with Crippen LogP contribution in [0.4, 0.5) is 10.1 Å². The quantitative estimate of drug-likeness (QED) is 0.773. The summed E-state index contributed by atoms with van der Waals surface area (Å²) in [6.45, 7) is 1.40. The summed E-state index contributed by atoms with van der Waals surface area (Å²) in [6.07, 6.45) is -1.10. The van der Waals surface area contributed by atoms with E-state index in [1.54, 1.807) is 12.1 Å². The number of hydrogen-bond acceptors (Lipinski definition) is 5. The summed E-state index contributed by atoms with van der Waals surface area (Å²) in [6, 6.07) is 8.32. The number of halogens is 2. The molecule has 26 heavy (non-hydrogen) atoms. The molecular formula is C18H17ClFNO5. The van der Waals surface area contributed by atoms with Gasteiger partial charge in [0.15, 0.2) is 17.7 Å². The Morgan fingerprint density at radius 3 is 2.31 bits per heavy atom. The van der Waals surface area contributed by atoms with Crippen LogP contribution < -0.4 is 14.8 Å². The minimum atomic E-state index is -1.10. The maximum atomic E-state index is 13.7. The van der Waals surface area contributed by atoms with Gasteiger partial charge in [0, 0.05) is 5.69 Å². The first-order valence-corrected chi connectivity index (χ1v) is 7.92. The lowest BCUT2D eigenvalue weighted by Gasteiger charge is -2.14. The molecule has 1 atom stereocenters. The van der Waals surface area contributed by atoms with E-state index in [1.165, 1.54) is 39.3 Å². The molecule has 8 heteroatoms. The minimum absolute atomic E-state index is 0.00345. The van der Waals surface area contributed by atoms with Gasteiger partial charge in [0.2, 0.25) is 0 Å². The average Bonchev–Trinajstić information content (AvgIpc) is 2.61. The highest BCUT2D eigenvalue weighted by atomic mass is 35.5. The van der Waals surface area contributed by atoms with E-state index in [9.17, 15) is 14.0 Å². The maximum absolute atomic E-state index is 13.7. The highest BCUT2D eigenvalue weighted by Crippen LogP contribution is 2.27. The molecule has 0 spiro atoms. The van der Waals surface area contributed by atoms with Crippen LogP contribution >= 0.6 is 11.6 Å². The van der Waals surface area contributed by atoms with Crippen LogP contribution in [0.25, 0.3) is 0 Å². The van der Waals surface area contributed by atoms with E-state index in [0.717, 1.165) is 6.07 Å². The number of esters is 1. The highest BCUT2D eigenvalue weighted by Gasteiger charge is 2.20. The lowest BCUT2D eigenvalue weighted by Crippen LogP contribution is -2.30. The van der Waals surface area contributed by atoms with Crippen LogP contribution in [0, 0.1) is 5.82 Å². The number of rotatable bonds is 6. The molecule has 0 saturated carbocycles. The molecule has 138 valence electrons. The van der Waals surface area contributed by atoms with E-state index in [4.69, 9.17) is 25.8 Å². The Balaban J connectivity index is 2.01. The van der Waals surface area contributed by atoms with Crippen LogP contribution in [0.5, 0.6) is 11.5 Å². The van der Waals surface area contributed by atoms with Crippen molar-refractivity contribution in [2.45, 2.75) is 13.0 Å². The molecular weight excluding hydrogens is 365 g/mol. The van der Waals surface area contributed by atoms with Gasteiger partial charge in [-0.2, -0.15) is 0 Å². The van der Waals surface area contributed by atoms with E-state index in [0.29, 0.717) is 16.5 Å². The predicted molar refractivity (Wildman–Crippen MR) is 94.5 cm³/mol. The Kier molecular flexibility index (Phi) is 6.41. The number of ether oxygens (including phenoxy) is 3. The molecule has 0 radical (unpaired) electrons. The number of carbonyl (C=O) groups excluding carboxylic acids is 2. The zero-order valence-electron chi connectivity index (χ0n) is 14.3. The Morgan fingerprint density at radius 2 is 1.73 bits per heavy atom. The van der Waals surface area contributed by atoms with Gasteiger partial charge in [-0.05, 0) is 43.3 Å². The van der Waals surface area contributed by atoms with Gasteiger partial charge in [-0.15, -0.1) is 0 Å². The molecule has 1 N–H and O–H groups in total. The molecule has 0 aliphatic rings. The first-order valence-electron chi connectivity index (χ1n) is 7.54. The molecule has 0 aliphatic carbocycles. The molecule has 2 aromatic rings. The predicted octanol–water partition coefficient (Wildman–Crippen LogP) is 3.68. The van der Waals surface area contributed by atoms with Crippen molar-refractivity contribution in [1.29, 1.82) is 0 Å². The summed E-state index contributed by atoms with van der Waals surface area (Å²) in [5.41, 5.74) is 0.384. The number of carbonyl (C=O) groups is 2. The number of amides is 1. The van der Waals surface area contributed by atoms with Crippen LogP contribution in [-0.4, -0.2) is 32.2 Å². The summed E-state index contributed by atoms with van der Waals surface area (Å²) in [4.78, 5) is 24.2. The Bertz CT molecular complexity index is 827. The fourth-order valence-corrected chi connectivity index (χ4v) is 2.32. The van der Waals surface area contributed by atoms with Crippen molar-refractivity contribution in [3.8, 4) is 11.5 Å². The second-order valence-corrected chi connectivity index (χ2v) is 5.64. The molecule has 6 nitrogen and oxygen atoms in total. The fourth-order valence-electron chi connectivity index (χ4n) is 2.06. The lowest BCUT2D eigenvalue weighted by molar-refractivity contribution is -0.123. The first kappa shape index (κ1) is 19.5. The van der Waals surface area contributed by atoms with Gasteiger partial charge < -0.3 is 19.5 Å². The molecule has 0 heterocycles. The maximum Gasteiger partial charge on any atom is 0.339 e. The van der Waals surface area contributed by atoms with Crippen molar-refractivity contribution >= 4 is 29.2 Å². The van der Waals surface area contributed by atoms with Crippen LogP contribution in [0.15, 0.2) is 36.4 Å². The minimum Gasteiger partial charge on any atom is -0.495 e. The number of methoxy groups -OCH3 is 2. The van der Waals surface area contributed by atoms with Crippen LogP contribution in [-0.2, 0) is 9.53 Å². The Hall–Kier alpha value is -2.80. The standard InChI is InChI=1S/C18H17ClFNO5/c1-10(17(22)21-12-5-7-15(24-2)13(19)9-12)26-18(23)11-4-6-16(25-3)14(20)8-11/h4-10H,1-3H3,(H,21,22)/t10-/m0/s1. The number of hydrogen-bond donors (Lipinski definition) is 1. The third kappa shape index (κ3) is 4.64. The second-order valence-electron chi connectivity index (χ2n) is 5.24. The topological polar surface area (TPSA) is 73.9 Å². The van der Waals surface area contributed by atoms with Crippen molar-refractivity contribution in [2.75, 3.05) is 19.5 Å². The summed E-state index contributed by atoms with van der Waals surface area (Å²) in [7, 11) is 2.79. The third-order valence-electron chi connectivity index (χ3n) is 3.46. The van der Waals surface area contributed by atoms with Crippen molar-refractivity contribution < 1.29 is 28.2 Å². The van der Waals surface area contributed by atoms with E-state index >= 15 is 0 Å². The van der Waals surface area contributed by atoms with Crippen LogP contribution in [0.3, 0.4) is 0 Å². The van der Waals surface area contributed by atoms with Crippen molar-refractivity contribution in [3.63, 3.8) is 0 Å². The third-order valence-corrected chi connectivity index (χ3v) is 3.76. The van der Waals surface area contributed by atoms with E-state index in [2.05, 4.69) is 5.32 Å². The summed E-state index contributed by atoms with van der Waals surface area (Å²) < 4.78 is 28.5. The van der Waals surface area contributed by atoms with Crippen LogP contribution in [0.1, 0.15) is 17.3 Å². The van der Waals surface area contributed by atoms with Crippen molar-refractivity contribution in [2.24, 2.45) is 0 Å². The molecule has 0 bridgehead atoms. The van der Waals surface area contributed by atoms with Gasteiger partial charge in [-0.3, -0.25) is 4.79 Å².